The molecule has 0 aliphatic carbocycles. The Bertz CT molecular complexity index is 615. The molecule has 0 saturated heterocycles. The van der Waals surface area contributed by atoms with Crippen LogP contribution < -0.4 is 0 Å². The molecular weight excluding hydrogens is 308 g/mol. The lowest BCUT2D eigenvalue weighted by molar-refractivity contribution is -0.144. The van der Waals surface area contributed by atoms with Crippen molar-refractivity contribution in [2.45, 2.75) is 6.42 Å². The van der Waals surface area contributed by atoms with E-state index in [1.54, 1.807) is 0 Å². The first kappa shape index (κ1) is 18.1. The van der Waals surface area contributed by atoms with E-state index < -0.39 is 28.4 Å². The molecule has 1 aromatic rings. The maximum Gasteiger partial charge on any atom is 0.323 e. The molecule has 0 aliphatic heterocycles. The number of benzene rings is 1. The van der Waals surface area contributed by atoms with Gasteiger partial charge >= 0.3 is 5.97 Å². The van der Waals surface area contributed by atoms with Gasteiger partial charge in [-0.1, -0.05) is 30.3 Å². The molecule has 1 N–H and O–H groups in total. The van der Waals surface area contributed by atoms with Gasteiger partial charge in [-0.2, -0.15) is 4.31 Å². The van der Waals surface area contributed by atoms with Gasteiger partial charge in [0.15, 0.2) is 0 Å². The maximum absolute atomic E-state index is 12.1. The number of hydrogen-bond donors (Lipinski definition) is 1. The maximum atomic E-state index is 12.1. The van der Waals surface area contributed by atoms with E-state index in [9.17, 15) is 18.0 Å². The van der Waals surface area contributed by atoms with Crippen molar-refractivity contribution in [1.82, 2.24) is 9.21 Å². The summed E-state index contributed by atoms with van der Waals surface area (Å²) in [6.45, 7) is -0.614. The minimum absolute atomic E-state index is 0.215. The zero-order chi connectivity index (χ0) is 16.8. The normalized spacial score (nSPS) is 11.4. The molecule has 0 aliphatic rings. The zero-order valence-corrected chi connectivity index (χ0v) is 13.4. The first-order valence-corrected chi connectivity index (χ1v) is 8.50. The molecule has 7 nitrogen and oxygen atoms in total. The lowest BCUT2D eigenvalue weighted by Crippen LogP contribution is -2.43. The van der Waals surface area contributed by atoms with Crippen LogP contribution in [0.5, 0.6) is 0 Å². The number of nitrogens with zero attached hydrogens (tertiary/aromatic N) is 2. The van der Waals surface area contributed by atoms with Crippen LogP contribution >= 0.6 is 0 Å². The van der Waals surface area contributed by atoms with Crippen LogP contribution in [-0.4, -0.2) is 67.5 Å². The third-order valence-electron chi connectivity index (χ3n) is 3.12. The molecule has 1 rings (SSSR count). The van der Waals surface area contributed by atoms with Gasteiger partial charge in [0.2, 0.25) is 15.9 Å². The van der Waals surface area contributed by atoms with E-state index in [2.05, 4.69) is 0 Å². The Hall–Kier alpha value is -1.93. The molecule has 122 valence electrons. The predicted octanol–water partition coefficient (Wildman–Crippen LogP) is 0.0337. The first-order valence-electron chi connectivity index (χ1n) is 6.65. The number of aliphatic carboxylic acids is 1. The van der Waals surface area contributed by atoms with Crippen LogP contribution in [0.1, 0.15) is 5.56 Å². The molecule has 1 aromatic carbocycles. The lowest BCUT2D eigenvalue weighted by atomic mass is 10.1. The molecule has 22 heavy (non-hydrogen) atoms. The highest BCUT2D eigenvalue weighted by atomic mass is 32.2. The van der Waals surface area contributed by atoms with E-state index in [4.69, 9.17) is 5.11 Å². The summed E-state index contributed by atoms with van der Waals surface area (Å²) in [6, 6.07) is 9.34. The predicted molar refractivity (Wildman–Crippen MR) is 81.8 cm³/mol. The summed E-state index contributed by atoms with van der Waals surface area (Å²) < 4.78 is 23.6. The van der Waals surface area contributed by atoms with Crippen molar-refractivity contribution in [1.29, 1.82) is 0 Å². The second kappa shape index (κ2) is 7.90. The van der Waals surface area contributed by atoms with Crippen molar-refractivity contribution in [2.75, 3.05) is 32.9 Å². The van der Waals surface area contributed by atoms with Gasteiger partial charge in [0.25, 0.3) is 0 Å². The molecule has 0 spiro atoms. The molecule has 0 atom stereocenters. The quantitative estimate of drug-likeness (QED) is 0.727. The Morgan fingerprint density at radius 2 is 1.73 bits per heavy atom. The number of amides is 1. The van der Waals surface area contributed by atoms with Gasteiger partial charge in [0.05, 0.1) is 12.8 Å². The molecule has 0 saturated carbocycles. The Balaban J connectivity index is 2.71. The fraction of sp³-hybridized carbons (Fsp3) is 0.429. The standard InChI is InChI=1S/C14H20N2O5S/c1-15(22(2,20)21)10-13(17)16(11-14(18)19)9-8-12-6-4-3-5-7-12/h3-7H,8-11H2,1-2H3,(H,18,19). The Labute approximate surface area is 130 Å². The van der Waals surface area contributed by atoms with E-state index in [-0.39, 0.29) is 13.1 Å². The highest BCUT2D eigenvalue weighted by Gasteiger charge is 2.21. The molecule has 8 heteroatoms. The van der Waals surface area contributed by atoms with Gasteiger partial charge in [-0.3, -0.25) is 9.59 Å². The van der Waals surface area contributed by atoms with Crippen molar-refractivity contribution in [2.24, 2.45) is 0 Å². The van der Waals surface area contributed by atoms with Crippen LogP contribution in [0.3, 0.4) is 0 Å². The van der Waals surface area contributed by atoms with Gasteiger partial charge in [-0.15, -0.1) is 0 Å². The summed E-state index contributed by atoms with van der Waals surface area (Å²) in [6.07, 6.45) is 1.49. The van der Waals surface area contributed by atoms with Gasteiger partial charge in [0.1, 0.15) is 6.54 Å². The smallest absolute Gasteiger partial charge is 0.323 e. The highest BCUT2D eigenvalue weighted by Crippen LogP contribution is 2.03. The average Bonchev–Trinajstić information content (AvgIpc) is 2.43. The van der Waals surface area contributed by atoms with Crippen molar-refractivity contribution in [3.8, 4) is 0 Å². The van der Waals surface area contributed by atoms with Gasteiger partial charge < -0.3 is 10.0 Å². The van der Waals surface area contributed by atoms with Gasteiger partial charge in [-0.05, 0) is 12.0 Å². The van der Waals surface area contributed by atoms with E-state index in [0.29, 0.717) is 6.42 Å². The van der Waals surface area contributed by atoms with Crippen LogP contribution in [0.15, 0.2) is 30.3 Å². The largest absolute Gasteiger partial charge is 0.480 e. The monoisotopic (exact) mass is 328 g/mol. The van der Waals surface area contributed by atoms with Crippen molar-refractivity contribution >= 4 is 21.9 Å². The number of carboxylic acids is 1. The number of rotatable bonds is 8. The van der Waals surface area contributed by atoms with E-state index in [0.717, 1.165) is 21.0 Å². The summed E-state index contributed by atoms with van der Waals surface area (Å²) in [7, 11) is -2.21. The molecule has 0 radical (unpaired) electrons. The summed E-state index contributed by atoms with van der Waals surface area (Å²) >= 11 is 0. The number of carboxylic acid groups (broad SMARTS) is 1. The highest BCUT2D eigenvalue weighted by molar-refractivity contribution is 7.88. The first-order chi connectivity index (χ1) is 10.2. The van der Waals surface area contributed by atoms with Crippen molar-refractivity contribution < 1.29 is 23.1 Å². The van der Waals surface area contributed by atoms with Crippen molar-refractivity contribution in [3.05, 3.63) is 35.9 Å². The third kappa shape index (κ3) is 6.23. The lowest BCUT2D eigenvalue weighted by Gasteiger charge is -2.23. The number of likely N-dealkylation sites (N-methyl/N-ethyl adjacent to an activating group) is 1. The molecule has 1 amide bonds. The molecule has 0 aromatic heterocycles. The summed E-state index contributed by atoms with van der Waals surface area (Å²) in [5.74, 6) is -1.67. The Morgan fingerprint density at radius 1 is 1.14 bits per heavy atom. The van der Waals surface area contributed by atoms with E-state index in [1.165, 1.54) is 7.05 Å². The summed E-state index contributed by atoms with van der Waals surface area (Å²) in [5, 5.41) is 8.90. The number of hydrogen-bond acceptors (Lipinski definition) is 4. The minimum Gasteiger partial charge on any atom is -0.480 e. The molecular formula is C14H20N2O5S. The van der Waals surface area contributed by atoms with Gasteiger partial charge in [0, 0.05) is 13.6 Å². The van der Waals surface area contributed by atoms with Crippen molar-refractivity contribution in [3.63, 3.8) is 0 Å². The summed E-state index contributed by atoms with van der Waals surface area (Å²) in [4.78, 5) is 24.1. The Kier molecular flexibility index (Phi) is 6.51. The topological polar surface area (TPSA) is 95.0 Å². The molecule has 0 bridgehead atoms. The fourth-order valence-electron chi connectivity index (χ4n) is 1.77. The second-order valence-electron chi connectivity index (χ2n) is 4.96. The van der Waals surface area contributed by atoms with E-state index in [1.807, 2.05) is 30.3 Å². The fourth-order valence-corrected chi connectivity index (χ4v) is 2.12. The Morgan fingerprint density at radius 3 is 2.23 bits per heavy atom. The number of carbonyl (C=O) groups excluding carboxylic acids is 1. The molecule has 0 fully saturated rings. The number of carbonyl (C=O) groups is 2. The van der Waals surface area contributed by atoms with Crippen LogP contribution in [-0.2, 0) is 26.0 Å². The zero-order valence-electron chi connectivity index (χ0n) is 12.6. The van der Waals surface area contributed by atoms with Gasteiger partial charge in [-0.25, -0.2) is 8.42 Å². The minimum atomic E-state index is -3.49. The number of sulfonamides is 1. The summed E-state index contributed by atoms with van der Waals surface area (Å²) in [5.41, 5.74) is 0.974. The second-order valence-corrected chi connectivity index (χ2v) is 7.05. The average molecular weight is 328 g/mol. The van der Waals surface area contributed by atoms with Crippen LogP contribution in [0.25, 0.3) is 0 Å². The van der Waals surface area contributed by atoms with E-state index >= 15 is 0 Å². The van der Waals surface area contributed by atoms with Crippen LogP contribution in [0, 0.1) is 0 Å². The molecule has 0 heterocycles. The molecule has 0 unspecified atom stereocenters. The van der Waals surface area contributed by atoms with Crippen LogP contribution in [0.2, 0.25) is 0 Å². The third-order valence-corrected chi connectivity index (χ3v) is 4.38. The van der Waals surface area contributed by atoms with Crippen LogP contribution in [0.4, 0.5) is 0 Å². The SMILES string of the molecule is CN(CC(=O)N(CCc1ccccc1)CC(=O)O)S(C)(=O)=O.